The molecule has 37 heavy (non-hydrogen) atoms. The molecule has 7 heteroatoms. The fourth-order valence-electron chi connectivity index (χ4n) is 4.34. The zero-order chi connectivity index (χ0) is 26.1. The first-order valence-corrected chi connectivity index (χ1v) is 12.5. The van der Waals surface area contributed by atoms with Gasteiger partial charge in [0.05, 0.1) is 10.2 Å². The Morgan fingerprint density at radius 3 is 2.51 bits per heavy atom. The lowest BCUT2D eigenvalue weighted by Crippen LogP contribution is -2.54. The maximum Gasteiger partial charge on any atom is 0.335 e. The zero-order valence-electron chi connectivity index (χ0n) is 20.2. The molecule has 0 aliphatic carbocycles. The van der Waals surface area contributed by atoms with Gasteiger partial charge >= 0.3 is 6.03 Å². The van der Waals surface area contributed by atoms with Crippen LogP contribution in [-0.2, 0) is 16.2 Å². The van der Waals surface area contributed by atoms with Crippen molar-refractivity contribution in [3.05, 3.63) is 111 Å². The molecule has 1 aliphatic heterocycles. The Hall–Kier alpha value is -4.23. The number of nitrogens with one attached hydrogen (secondary N) is 1. The van der Waals surface area contributed by atoms with Crippen LogP contribution in [0.25, 0.3) is 16.8 Å². The van der Waals surface area contributed by atoms with Crippen LogP contribution in [0.3, 0.4) is 0 Å². The number of fused-ring (bicyclic) bond motifs is 1. The van der Waals surface area contributed by atoms with E-state index >= 15 is 0 Å². The Bertz CT molecular complexity index is 1610. The molecule has 4 aromatic rings. The van der Waals surface area contributed by atoms with Crippen molar-refractivity contribution in [1.82, 2.24) is 5.32 Å². The fourth-order valence-corrected chi connectivity index (χ4v) is 4.85. The predicted octanol–water partition coefficient (Wildman–Crippen LogP) is 6.46. The second-order valence-corrected chi connectivity index (χ2v) is 9.71. The van der Waals surface area contributed by atoms with Gasteiger partial charge in [0.2, 0.25) is 0 Å². The molecule has 0 unspecified atom stereocenters. The number of imide groups is 2. The van der Waals surface area contributed by atoms with E-state index in [0.717, 1.165) is 32.4 Å². The first-order chi connectivity index (χ1) is 17.8. The van der Waals surface area contributed by atoms with Gasteiger partial charge in [-0.1, -0.05) is 54.6 Å². The summed E-state index contributed by atoms with van der Waals surface area (Å²) < 4.78 is 6.81. The monoisotopic (exact) mass is 554 g/mol. The lowest BCUT2D eigenvalue weighted by atomic mass is 10.0. The first kappa shape index (κ1) is 24.5. The van der Waals surface area contributed by atoms with Crippen LogP contribution < -0.4 is 15.0 Å². The summed E-state index contributed by atoms with van der Waals surface area (Å²) in [6, 6.07) is 23.9. The standard InChI is InChI=1S/C30H23BrN2O4/c1-18-6-5-8-22(14-18)33-29(35)24(28(34)32-30(33)36)15-20-11-13-27(26(31)16-20)37-17-25-19(2)10-12-21-7-3-4-9-23(21)25/h3-16H,17H2,1-2H3,(H,32,34,36)/b24-15+. The Morgan fingerprint density at radius 2 is 1.73 bits per heavy atom. The smallest absolute Gasteiger partial charge is 0.335 e. The topological polar surface area (TPSA) is 75.7 Å². The number of carbonyl (C=O) groups excluding carboxylic acids is 3. The first-order valence-electron chi connectivity index (χ1n) is 11.7. The normalized spacial score (nSPS) is 14.8. The molecule has 1 N–H and O–H groups in total. The number of anilines is 1. The maximum absolute atomic E-state index is 13.2. The van der Waals surface area contributed by atoms with E-state index in [1.807, 2.05) is 25.1 Å². The number of amides is 4. The number of ether oxygens (including phenoxy) is 1. The molecule has 184 valence electrons. The summed E-state index contributed by atoms with van der Waals surface area (Å²) in [4.78, 5) is 39.1. The van der Waals surface area contributed by atoms with Gasteiger partial charge in [-0.25, -0.2) is 9.69 Å². The summed E-state index contributed by atoms with van der Waals surface area (Å²) in [7, 11) is 0. The van der Waals surface area contributed by atoms with E-state index in [1.165, 1.54) is 6.08 Å². The number of hydrogen-bond donors (Lipinski definition) is 1. The molecule has 0 aromatic heterocycles. The van der Waals surface area contributed by atoms with E-state index in [2.05, 4.69) is 52.4 Å². The van der Waals surface area contributed by atoms with E-state index < -0.39 is 17.8 Å². The minimum atomic E-state index is -0.772. The van der Waals surface area contributed by atoms with Crippen molar-refractivity contribution in [3.8, 4) is 5.75 Å². The number of hydrogen-bond acceptors (Lipinski definition) is 4. The van der Waals surface area contributed by atoms with Crippen molar-refractivity contribution in [2.45, 2.75) is 20.5 Å². The average Bonchev–Trinajstić information content (AvgIpc) is 2.87. The third-order valence-corrected chi connectivity index (χ3v) is 6.90. The highest BCUT2D eigenvalue weighted by Gasteiger charge is 2.36. The lowest BCUT2D eigenvalue weighted by molar-refractivity contribution is -0.122. The fraction of sp³-hybridized carbons (Fsp3) is 0.100. The molecule has 4 aromatic carbocycles. The summed E-state index contributed by atoms with van der Waals surface area (Å²) >= 11 is 3.55. The summed E-state index contributed by atoms with van der Waals surface area (Å²) in [5, 5.41) is 4.56. The molecule has 4 amide bonds. The minimum Gasteiger partial charge on any atom is -0.488 e. The van der Waals surface area contributed by atoms with Crippen LogP contribution in [0.4, 0.5) is 10.5 Å². The molecule has 1 heterocycles. The van der Waals surface area contributed by atoms with Gasteiger partial charge in [-0.3, -0.25) is 14.9 Å². The van der Waals surface area contributed by atoms with Crippen LogP contribution in [0.1, 0.15) is 22.3 Å². The number of nitrogens with zero attached hydrogens (tertiary/aromatic N) is 1. The van der Waals surface area contributed by atoms with Crippen molar-refractivity contribution in [2.24, 2.45) is 0 Å². The van der Waals surface area contributed by atoms with Crippen molar-refractivity contribution in [2.75, 3.05) is 4.90 Å². The van der Waals surface area contributed by atoms with Crippen molar-refractivity contribution in [1.29, 1.82) is 0 Å². The largest absolute Gasteiger partial charge is 0.488 e. The van der Waals surface area contributed by atoms with Gasteiger partial charge in [-0.2, -0.15) is 0 Å². The minimum absolute atomic E-state index is 0.131. The number of barbiturate groups is 1. The summed E-state index contributed by atoms with van der Waals surface area (Å²) in [6.45, 7) is 4.31. The van der Waals surface area contributed by atoms with Gasteiger partial charge in [0.15, 0.2) is 0 Å². The van der Waals surface area contributed by atoms with Gasteiger partial charge in [-0.15, -0.1) is 0 Å². The molecular weight excluding hydrogens is 532 g/mol. The van der Waals surface area contributed by atoms with E-state index in [1.54, 1.807) is 36.4 Å². The van der Waals surface area contributed by atoms with Crippen LogP contribution in [0.2, 0.25) is 0 Å². The number of urea groups is 1. The molecule has 1 fully saturated rings. The SMILES string of the molecule is Cc1cccc(N2C(=O)NC(=O)/C(=C\c3ccc(OCc4c(C)ccc5ccccc45)c(Br)c3)C2=O)c1. The quantitative estimate of drug-likeness (QED) is 0.227. The summed E-state index contributed by atoms with van der Waals surface area (Å²) in [6.07, 6.45) is 1.47. The highest BCUT2D eigenvalue weighted by atomic mass is 79.9. The lowest BCUT2D eigenvalue weighted by Gasteiger charge is -2.26. The maximum atomic E-state index is 13.2. The van der Waals surface area contributed by atoms with Crippen LogP contribution in [0.5, 0.6) is 5.75 Å². The van der Waals surface area contributed by atoms with E-state index in [9.17, 15) is 14.4 Å². The van der Waals surface area contributed by atoms with Gasteiger partial charge in [0, 0.05) is 5.56 Å². The summed E-state index contributed by atoms with van der Waals surface area (Å²) in [5.74, 6) is -0.783. The Morgan fingerprint density at radius 1 is 0.919 bits per heavy atom. The molecule has 0 spiro atoms. The second-order valence-electron chi connectivity index (χ2n) is 8.86. The van der Waals surface area contributed by atoms with Crippen molar-refractivity contribution < 1.29 is 19.1 Å². The number of halogens is 1. The Labute approximate surface area is 222 Å². The van der Waals surface area contributed by atoms with Crippen LogP contribution >= 0.6 is 15.9 Å². The van der Waals surface area contributed by atoms with E-state index in [0.29, 0.717) is 28.1 Å². The molecule has 1 aliphatic rings. The molecule has 1 saturated heterocycles. The molecule has 5 rings (SSSR count). The Kier molecular flexibility index (Phi) is 6.63. The van der Waals surface area contributed by atoms with Crippen molar-refractivity contribution >= 4 is 56.3 Å². The van der Waals surface area contributed by atoms with Crippen LogP contribution in [0, 0.1) is 13.8 Å². The van der Waals surface area contributed by atoms with Crippen LogP contribution in [-0.4, -0.2) is 17.8 Å². The van der Waals surface area contributed by atoms with E-state index in [-0.39, 0.29) is 5.57 Å². The number of aryl methyl sites for hydroxylation is 2. The summed E-state index contributed by atoms with van der Waals surface area (Å²) in [5.41, 5.74) is 4.02. The Balaban J connectivity index is 1.39. The molecule has 0 saturated carbocycles. The number of rotatable bonds is 5. The highest BCUT2D eigenvalue weighted by Crippen LogP contribution is 2.30. The molecular formula is C30H23BrN2O4. The van der Waals surface area contributed by atoms with Crippen molar-refractivity contribution in [3.63, 3.8) is 0 Å². The number of carbonyl (C=O) groups is 3. The highest BCUT2D eigenvalue weighted by molar-refractivity contribution is 9.10. The van der Waals surface area contributed by atoms with Gasteiger partial charge < -0.3 is 4.74 Å². The molecule has 0 radical (unpaired) electrons. The number of benzene rings is 4. The molecule has 0 bridgehead atoms. The van der Waals surface area contributed by atoms with Gasteiger partial charge in [-0.05, 0) is 87.6 Å². The zero-order valence-corrected chi connectivity index (χ0v) is 21.8. The second kappa shape index (κ2) is 10.0. The third kappa shape index (κ3) is 4.90. The molecule has 6 nitrogen and oxygen atoms in total. The van der Waals surface area contributed by atoms with Gasteiger partial charge in [0.1, 0.15) is 17.9 Å². The predicted molar refractivity (Wildman–Crippen MR) is 147 cm³/mol. The molecule has 0 atom stereocenters. The average molecular weight is 555 g/mol. The van der Waals surface area contributed by atoms with Crippen LogP contribution in [0.15, 0.2) is 88.9 Å². The third-order valence-electron chi connectivity index (χ3n) is 6.28. The van der Waals surface area contributed by atoms with Gasteiger partial charge in [0.25, 0.3) is 11.8 Å². The van der Waals surface area contributed by atoms with E-state index in [4.69, 9.17) is 4.74 Å².